The van der Waals surface area contributed by atoms with Crippen LogP contribution in [0.2, 0.25) is 0 Å². The van der Waals surface area contributed by atoms with Gasteiger partial charge in [0, 0.05) is 12.5 Å². The van der Waals surface area contributed by atoms with Crippen molar-refractivity contribution < 1.29 is 0 Å². The zero-order valence-corrected chi connectivity index (χ0v) is 12.5. The minimum Gasteiger partial charge on any atom is -0.330 e. The molecule has 4 heteroatoms. The summed E-state index contributed by atoms with van der Waals surface area (Å²) in [5.74, 6) is 6.71. The van der Waals surface area contributed by atoms with Gasteiger partial charge in [-0.2, -0.15) is 5.10 Å². The molecule has 4 nitrogen and oxygen atoms in total. The average molecular weight is 274 g/mol. The molecule has 4 saturated carbocycles. The molecule has 4 fully saturated rings. The highest BCUT2D eigenvalue weighted by Gasteiger charge is 2.50. The largest absolute Gasteiger partial charge is 0.330 e. The van der Waals surface area contributed by atoms with E-state index in [1.54, 1.807) is 0 Å². The van der Waals surface area contributed by atoms with Crippen molar-refractivity contribution >= 4 is 0 Å². The SMILES string of the molecule is Cc1nc(C2C3CC4CC(C3)CC2C4)n(CCCN)n1. The van der Waals surface area contributed by atoms with Crippen molar-refractivity contribution in [2.45, 2.75) is 57.9 Å². The van der Waals surface area contributed by atoms with Gasteiger partial charge in [0.15, 0.2) is 0 Å². The minimum atomic E-state index is 0.682. The topological polar surface area (TPSA) is 56.7 Å². The lowest BCUT2D eigenvalue weighted by molar-refractivity contribution is -0.00712. The molecule has 110 valence electrons. The summed E-state index contributed by atoms with van der Waals surface area (Å²) in [7, 11) is 0. The Morgan fingerprint density at radius 1 is 1.10 bits per heavy atom. The van der Waals surface area contributed by atoms with Crippen molar-refractivity contribution in [2.75, 3.05) is 6.54 Å². The lowest BCUT2D eigenvalue weighted by atomic mass is 9.51. The summed E-state index contributed by atoms with van der Waals surface area (Å²) in [6.45, 7) is 3.70. The fourth-order valence-corrected chi connectivity index (χ4v) is 5.47. The molecule has 0 radical (unpaired) electrons. The summed E-state index contributed by atoms with van der Waals surface area (Å²) in [5, 5.41) is 4.63. The Bertz CT molecular complexity index is 465. The Balaban J connectivity index is 1.64. The smallest absolute Gasteiger partial charge is 0.147 e. The molecule has 0 spiro atoms. The normalized spacial score (nSPS) is 38.6. The van der Waals surface area contributed by atoms with E-state index in [0.29, 0.717) is 5.92 Å². The van der Waals surface area contributed by atoms with Crippen LogP contribution < -0.4 is 5.73 Å². The van der Waals surface area contributed by atoms with E-state index in [1.165, 1.54) is 37.9 Å². The molecule has 0 atom stereocenters. The number of rotatable bonds is 4. The Kier molecular flexibility index (Phi) is 3.09. The fraction of sp³-hybridized carbons (Fsp3) is 0.875. The summed E-state index contributed by atoms with van der Waals surface area (Å²) < 4.78 is 2.18. The highest BCUT2D eigenvalue weighted by Crippen LogP contribution is 2.59. The van der Waals surface area contributed by atoms with Crippen LogP contribution in [0.5, 0.6) is 0 Å². The molecule has 4 aliphatic rings. The molecule has 0 unspecified atom stereocenters. The van der Waals surface area contributed by atoms with E-state index in [2.05, 4.69) is 9.78 Å². The maximum atomic E-state index is 5.67. The van der Waals surface area contributed by atoms with Crippen LogP contribution in [-0.2, 0) is 6.54 Å². The van der Waals surface area contributed by atoms with Crippen LogP contribution in [0.1, 0.15) is 56.1 Å². The minimum absolute atomic E-state index is 0.682. The second-order valence-corrected chi connectivity index (χ2v) is 7.34. The molecule has 2 N–H and O–H groups in total. The number of hydrogen-bond donors (Lipinski definition) is 1. The molecule has 0 saturated heterocycles. The zero-order chi connectivity index (χ0) is 13.7. The summed E-state index contributed by atoms with van der Waals surface area (Å²) >= 11 is 0. The lowest BCUT2D eigenvalue weighted by Gasteiger charge is -2.54. The number of aryl methyl sites for hydroxylation is 2. The second kappa shape index (κ2) is 4.83. The maximum absolute atomic E-state index is 5.67. The van der Waals surface area contributed by atoms with E-state index >= 15 is 0 Å². The van der Waals surface area contributed by atoms with E-state index in [-0.39, 0.29) is 0 Å². The second-order valence-electron chi connectivity index (χ2n) is 7.34. The van der Waals surface area contributed by atoms with E-state index in [4.69, 9.17) is 10.7 Å². The van der Waals surface area contributed by atoms with Gasteiger partial charge in [-0.25, -0.2) is 9.67 Å². The molecular weight excluding hydrogens is 248 g/mol. The maximum Gasteiger partial charge on any atom is 0.147 e. The van der Waals surface area contributed by atoms with Crippen molar-refractivity contribution in [3.63, 3.8) is 0 Å². The van der Waals surface area contributed by atoms with Gasteiger partial charge < -0.3 is 5.73 Å². The third-order valence-electron chi connectivity index (χ3n) is 5.91. The van der Waals surface area contributed by atoms with Crippen LogP contribution in [0, 0.1) is 30.6 Å². The Morgan fingerprint density at radius 2 is 1.75 bits per heavy atom. The van der Waals surface area contributed by atoms with E-state index in [0.717, 1.165) is 49.0 Å². The monoisotopic (exact) mass is 274 g/mol. The van der Waals surface area contributed by atoms with E-state index in [1.807, 2.05) is 6.92 Å². The number of aromatic nitrogens is 3. The summed E-state index contributed by atoms with van der Waals surface area (Å²) in [5.41, 5.74) is 5.67. The van der Waals surface area contributed by atoms with Crippen LogP contribution in [-0.4, -0.2) is 21.3 Å². The first-order valence-corrected chi connectivity index (χ1v) is 8.36. The summed E-state index contributed by atoms with van der Waals surface area (Å²) in [6.07, 6.45) is 8.30. The van der Waals surface area contributed by atoms with Crippen molar-refractivity contribution in [3.05, 3.63) is 11.6 Å². The first-order chi connectivity index (χ1) is 9.74. The number of nitrogens with zero attached hydrogens (tertiary/aromatic N) is 3. The van der Waals surface area contributed by atoms with Crippen molar-refractivity contribution in [1.29, 1.82) is 0 Å². The Labute approximate surface area is 121 Å². The Morgan fingerprint density at radius 3 is 2.35 bits per heavy atom. The molecule has 1 aromatic rings. The van der Waals surface area contributed by atoms with Gasteiger partial charge in [-0.1, -0.05) is 0 Å². The van der Waals surface area contributed by atoms with Gasteiger partial charge in [-0.3, -0.25) is 0 Å². The predicted octanol–water partition coefficient (Wildman–Crippen LogP) is 2.48. The highest BCUT2D eigenvalue weighted by atomic mass is 15.3. The van der Waals surface area contributed by atoms with Gasteiger partial charge in [-0.05, 0) is 75.7 Å². The first-order valence-electron chi connectivity index (χ1n) is 8.36. The van der Waals surface area contributed by atoms with E-state index < -0.39 is 0 Å². The van der Waals surface area contributed by atoms with Gasteiger partial charge in [0.2, 0.25) is 0 Å². The van der Waals surface area contributed by atoms with Gasteiger partial charge in [0.05, 0.1) is 0 Å². The fourth-order valence-electron chi connectivity index (χ4n) is 5.47. The first kappa shape index (κ1) is 12.8. The van der Waals surface area contributed by atoms with Crippen molar-refractivity contribution in [2.24, 2.45) is 29.4 Å². The van der Waals surface area contributed by atoms with Crippen LogP contribution in [0.25, 0.3) is 0 Å². The number of nitrogens with two attached hydrogens (primary N) is 1. The van der Waals surface area contributed by atoms with Crippen LogP contribution in [0.4, 0.5) is 0 Å². The predicted molar refractivity (Wildman–Crippen MR) is 78.2 cm³/mol. The van der Waals surface area contributed by atoms with Crippen molar-refractivity contribution in [3.8, 4) is 0 Å². The van der Waals surface area contributed by atoms with Gasteiger partial charge in [0.25, 0.3) is 0 Å². The molecule has 20 heavy (non-hydrogen) atoms. The van der Waals surface area contributed by atoms with Crippen LogP contribution in [0.3, 0.4) is 0 Å². The average Bonchev–Trinajstić information content (AvgIpc) is 2.76. The van der Waals surface area contributed by atoms with Gasteiger partial charge in [0.1, 0.15) is 11.6 Å². The van der Waals surface area contributed by atoms with Crippen molar-refractivity contribution in [1.82, 2.24) is 14.8 Å². The molecule has 4 aliphatic carbocycles. The molecule has 0 aliphatic heterocycles. The molecular formula is C16H26N4. The lowest BCUT2D eigenvalue weighted by Crippen LogP contribution is -2.44. The zero-order valence-electron chi connectivity index (χ0n) is 12.5. The Hall–Kier alpha value is -0.900. The third kappa shape index (κ3) is 2.00. The summed E-state index contributed by atoms with van der Waals surface area (Å²) in [4.78, 5) is 4.82. The molecule has 1 heterocycles. The molecule has 0 amide bonds. The highest BCUT2D eigenvalue weighted by molar-refractivity contribution is 5.12. The third-order valence-corrected chi connectivity index (χ3v) is 5.91. The van der Waals surface area contributed by atoms with Gasteiger partial charge in [-0.15, -0.1) is 0 Å². The molecule has 5 rings (SSSR count). The quantitative estimate of drug-likeness (QED) is 0.917. The number of hydrogen-bond acceptors (Lipinski definition) is 3. The van der Waals surface area contributed by atoms with Crippen LogP contribution in [0.15, 0.2) is 0 Å². The van der Waals surface area contributed by atoms with Crippen LogP contribution >= 0.6 is 0 Å². The van der Waals surface area contributed by atoms with E-state index in [9.17, 15) is 0 Å². The molecule has 1 aromatic heterocycles. The molecule has 4 bridgehead atoms. The summed E-state index contributed by atoms with van der Waals surface area (Å²) in [6, 6.07) is 0. The van der Waals surface area contributed by atoms with Gasteiger partial charge >= 0.3 is 0 Å². The molecule has 0 aromatic carbocycles. The standard InChI is InChI=1S/C16H26N4/c1-10-18-16(20(19-10)4-2-3-17)15-13-6-11-5-12(8-13)9-14(15)7-11/h11-15H,2-9,17H2,1H3.